The molecule has 0 amide bonds. The van der Waals surface area contributed by atoms with Gasteiger partial charge in [-0.3, -0.25) is 9.59 Å². The van der Waals surface area contributed by atoms with Crippen LogP contribution in [0.4, 0.5) is 0 Å². The average Bonchev–Trinajstić information content (AvgIpc) is 3.17. The lowest BCUT2D eigenvalue weighted by Gasteiger charge is -2.60. The summed E-state index contributed by atoms with van der Waals surface area (Å²) in [5, 5.41) is 59.0. The lowest BCUT2D eigenvalue weighted by molar-refractivity contribution is -0.275. The van der Waals surface area contributed by atoms with Gasteiger partial charge in [-0.2, -0.15) is 0 Å². The molecule has 0 saturated heterocycles. The quantitative estimate of drug-likeness (QED) is 0.134. The normalized spacial score (nSPS) is 39.3. The summed E-state index contributed by atoms with van der Waals surface area (Å²) >= 11 is 6.40. The molecule has 2 saturated carbocycles. The number of aliphatic hydroxyl groups is 5. The van der Waals surface area contributed by atoms with E-state index < -0.39 is 88.4 Å². The number of benzene rings is 1. The lowest BCUT2D eigenvalue weighted by atomic mass is 9.51. The second-order valence-electron chi connectivity index (χ2n) is 12.8. The highest BCUT2D eigenvalue weighted by molar-refractivity contribution is 6.18. The molecular formula is C31H41ClO11. The molecule has 2 fully saturated rings. The molecule has 1 unspecified atom stereocenters. The van der Waals surface area contributed by atoms with E-state index >= 15 is 0 Å². The minimum Gasteiger partial charge on any atom is -0.461 e. The topological polar surface area (TPSA) is 180 Å². The molecule has 10 atom stereocenters. The first-order valence-corrected chi connectivity index (χ1v) is 14.8. The van der Waals surface area contributed by atoms with Crippen LogP contribution in [-0.2, 0) is 23.8 Å². The van der Waals surface area contributed by atoms with E-state index in [2.05, 4.69) is 0 Å². The molecule has 238 valence electrons. The summed E-state index contributed by atoms with van der Waals surface area (Å²) in [6.07, 6.45) is -9.79. The van der Waals surface area contributed by atoms with Gasteiger partial charge in [0.05, 0.1) is 40.1 Å². The van der Waals surface area contributed by atoms with Crippen molar-refractivity contribution in [3.63, 3.8) is 0 Å². The van der Waals surface area contributed by atoms with Crippen molar-refractivity contribution < 1.29 is 54.1 Å². The molecule has 5 N–H and O–H groups in total. The fourth-order valence-electron chi connectivity index (χ4n) is 7.96. The molecule has 43 heavy (non-hydrogen) atoms. The number of carbonyl (C=O) groups excluding carboxylic acids is 3. The zero-order valence-corrected chi connectivity index (χ0v) is 25.9. The van der Waals surface area contributed by atoms with Gasteiger partial charge in [0.15, 0.2) is 0 Å². The molecule has 11 nitrogen and oxygen atoms in total. The number of esters is 3. The Morgan fingerprint density at radius 3 is 2.07 bits per heavy atom. The van der Waals surface area contributed by atoms with E-state index in [0.717, 1.165) is 13.8 Å². The highest BCUT2D eigenvalue weighted by Gasteiger charge is 2.76. The van der Waals surface area contributed by atoms with Crippen LogP contribution >= 0.6 is 11.6 Å². The van der Waals surface area contributed by atoms with Crippen molar-refractivity contribution in [2.24, 2.45) is 16.7 Å². The minimum absolute atomic E-state index is 0.0557. The molecular weight excluding hydrogens is 584 g/mol. The maximum absolute atomic E-state index is 13.4. The minimum atomic E-state index is -2.29. The largest absolute Gasteiger partial charge is 0.461 e. The second kappa shape index (κ2) is 11.4. The smallest absolute Gasteiger partial charge is 0.338 e. The van der Waals surface area contributed by atoms with E-state index in [9.17, 15) is 39.9 Å². The third-order valence-corrected chi connectivity index (χ3v) is 10.4. The molecule has 0 aliphatic heterocycles. The number of fused-ring (bicyclic) bond motifs is 2. The Balaban J connectivity index is 2.11. The monoisotopic (exact) mass is 624 g/mol. The molecule has 0 radical (unpaired) electrons. The third-order valence-electron chi connectivity index (χ3n) is 9.97. The Bertz CT molecular complexity index is 1290. The predicted octanol–water partition coefficient (Wildman–Crippen LogP) is 1.65. The molecule has 0 bridgehead atoms. The number of rotatable bonds is 6. The molecule has 0 spiro atoms. The van der Waals surface area contributed by atoms with Crippen LogP contribution in [0.1, 0.15) is 64.7 Å². The Morgan fingerprint density at radius 1 is 1.00 bits per heavy atom. The summed E-state index contributed by atoms with van der Waals surface area (Å²) in [5.74, 6) is -4.59. The van der Waals surface area contributed by atoms with Crippen LogP contribution < -0.4 is 0 Å². The van der Waals surface area contributed by atoms with Gasteiger partial charge in [0.2, 0.25) is 0 Å². The van der Waals surface area contributed by atoms with Gasteiger partial charge in [0.25, 0.3) is 0 Å². The fourth-order valence-corrected chi connectivity index (χ4v) is 8.31. The molecule has 12 heteroatoms. The fraction of sp³-hybridized carbons (Fsp3) is 0.645. The van der Waals surface area contributed by atoms with Crippen LogP contribution in [0.5, 0.6) is 0 Å². The van der Waals surface area contributed by atoms with Crippen molar-refractivity contribution in [3.8, 4) is 0 Å². The number of carbonyl (C=O) groups is 3. The summed E-state index contributed by atoms with van der Waals surface area (Å²) < 4.78 is 17.8. The Labute approximate surface area is 255 Å². The molecule has 0 aromatic heterocycles. The van der Waals surface area contributed by atoms with E-state index in [4.69, 9.17) is 25.8 Å². The number of hydrogen-bond donors (Lipinski definition) is 5. The van der Waals surface area contributed by atoms with E-state index in [1.807, 2.05) is 0 Å². The third kappa shape index (κ3) is 5.07. The average molecular weight is 625 g/mol. The van der Waals surface area contributed by atoms with Gasteiger partial charge >= 0.3 is 17.9 Å². The summed E-state index contributed by atoms with van der Waals surface area (Å²) in [5.41, 5.74) is -7.23. The summed E-state index contributed by atoms with van der Waals surface area (Å²) in [7, 11) is 0. The van der Waals surface area contributed by atoms with Crippen LogP contribution in [0.3, 0.4) is 0 Å². The van der Waals surface area contributed by atoms with E-state index in [1.54, 1.807) is 25.1 Å². The second-order valence-corrected chi connectivity index (χ2v) is 13.1. The Hall–Kier alpha value is -2.54. The maximum atomic E-state index is 13.4. The van der Waals surface area contributed by atoms with Crippen LogP contribution in [-0.4, -0.2) is 97.1 Å². The predicted molar refractivity (Wildman–Crippen MR) is 153 cm³/mol. The van der Waals surface area contributed by atoms with Gasteiger partial charge < -0.3 is 39.7 Å². The SMILES string of the molecule is CC(=O)O[C@@H]1C2[C@](C)([C@@H](OC(=O)c3ccccc3)C[C@@H](O)[C@@]2(O)CCl)[C@@H](OC(C)=O)[C@@H](O)C2=C(C)[C@@H](O)C[C@]21C(C)(C)O. The van der Waals surface area contributed by atoms with Crippen LogP contribution in [0, 0.1) is 16.7 Å². The summed E-state index contributed by atoms with van der Waals surface area (Å²) in [6, 6.07) is 8.01. The van der Waals surface area contributed by atoms with Crippen molar-refractivity contribution in [1.29, 1.82) is 0 Å². The first-order valence-electron chi connectivity index (χ1n) is 14.2. The number of alkyl halides is 1. The van der Waals surface area contributed by atoms with E-state index in [1.165, 1.54) is 32.9 Å². The van der Waals surface area contributed by atoms with E-state index in [0.29, 0.717) is 0 Å². The highest BCUT2D eigenvalue weighted by Crippen LogP contribution is 2.66. The van der Waals surface area contributed by atoms with Crippen molar-refractivity contribution in [2.75, 3.05) is 5.88 Å². The van der Waals surface area contributed by atoms with Crippen molar-refractivity contribution in [2.45, 2.75) is 102 Å². The zero-order chi connectivity index (χ0) is 32.3. The number of ether oxygens (including phenoxy) is 3. The van der Waals surface area contributed by atoms with Gasteiger partial charge in [0.1, 0.15) is 30.0 Å². The van der Waals surface area contributed by atoms with Gasteiger partial charge in [-0.05, 0) is 50.5 Å². The van der Waals surface area contributed by atoms with E-state index in [-0.39, 0.29) is 29.6 Å². The van der Waals surface area contributed by atoms with Gasteiger partial charge in [-0.1, -0.05) is 25.1 Å². The van der Waals surface area contributed by atoms with Crippen LogP contribution in [0.15, 0.2) is 41.5 Å². The first kappa shape index (κ1) is 33.4. The molecule has 1 aromatic carbocycles. The summed E-state index contributed by atoms with van der Waals surface area (Å²) in [4.78, 5) is 38.8. The number of halogens is 1. The van der Waals surface area contributed by atoms with Crippen LogP contribution in [0.2, 0.25) is 0 Å². The summed E-state index contributed by atoms with van der Waals surface area (Å²) in [6.45, 7) is 8.10. The maximum Gasteiger partial charge on any atom is 0.338 e. The molecule has 1 aromatic rings. The molecule has 4 rings (SSSR count). The number of aliphatic hydroxyl groups excluding tert-OH is 3. The Morgan fingerprint density at radius 2 is 1.56 bits per heavy atom. The van der Waals surface area contributed by atoms with Gasteiger partial charge in [-0.25, -0.2) is 4.79 Å². The van der Waals surface area contributed by atoms with Crippen LogP contribution in [0.25, 0.3) is 0 Å². The lowest BCUT2D eigenvalue weighted by Crippen LogP contribution is -2.73. The standard InChI is InChI=1S/C31H41ClO11/c1-15-19(35)13-30(28(4,5)39)22(15)23(37)25(41-16(2)33)29(6)21(43-27(38)18-10-8-7-9-11-18)12-20(36)31(40,14-32)24(29)26(30)42-17(3)34/h7-11,19-21,23-26,35-37,39-40H,12-14H2,1-6H3/t19-,20+,21-,23-,24?,25-,26+,29-,30-,31-/m0/s1. The highest BCUT2D eigenvalue weighted by atomic mass is 35.5. The van der Waals surface area contributed by atoms with Crippen molar-refractivity contribution in [3.05, 3.63) is 47.0 Å². The van der Waals surface area contributed by atoms with Crippen molar-refractivity contribution in [1.82, 2.24) is 0 Å². The van der Waals surface area contributed by atoms with Gasteiger partial charge in [0, 0.05) is 26.2 Å². The molecule has 3 aliphatic carbocycles. The number of hydrogen-bond acceptors (Lipinski definition) is 11. The van der Waals surface area contributed by atoms with Crippen molar-refractivity contribution >= 4 is 29.5 Å². The Kier molecular flexibility index (Phi) is 8.87. The molecule has 3 aliphatic rings. The molecule has 0 heterocycles. The first-order chi connectivity index (χ1) is 19.9. The zero-order valence-electron chi connectivity index (χ0n) is 25.1. The van der Waals surface area contributed by atoms with Gasteiger partial charge in [-0.15, -0.1) is 11.6 Å².